The van der Waals surface area contributed by atoms with Crippen molar-refractivity contribution < 1.29 is 4.74 Å². The normalized spacial score (nSPS) is 10.3. The topological polar surface area (TPSA) is 37.9 Å². The number of ether oxygens (including phenoxy) is 1. The van der Waals surface area contributed by atoms with Gasteiger partial charge in [0.2, 0.25) is 5.88 Å². The lowest BCUT2D eigenvalue weighted by atomic mass is 10.2. The Morgan fingerprint density at radius 2 is 2.27 bits per heavy atom. The number of aromatic amines is 1. The number of hydrogen-bond donors (Lipinski definition) is 1. The molecule has 0 bridgehead atoms. The molecule has 15 heavy (non-hydrogen) atoms. The van der Waals surface area contributed by atoms with Crippen LogP contribution in [-0.4, -0.2) is 16.6 Å². The lowest BCUT2D eigenvalue weighted by molar-refractivity contribution is 0.327. The van der Waals surface area contributed by atoms with Crippen molar-refractivity contribution in [1.82, 2.24) is 9.97 Å². The van der Waals surface area contributed by atoms with Gasteiger partial charge in [-0.2, -0.15) is 0 Å². The number of pyridine rings is 1. The zero-order valence-corrected chi connectivity index (χ0v) is 8.95. The molecule has 0 amide bonds. The fraction of sp³-hybridized carbons (Fsp3) is 0.250. The van der Waals surface area contributed by atoms with Crippen LogP contribution in [0.4, 0.5) is 0 Å². The van der Waals surface area contributed by atoms with E-state index < -0.39 is 0 Å². The number of hydrogen-bond acceptors (Lipinski definition) is 2. The lowest BCUT2D eigenvalue weighted by Crippen LogP contribution is -1.93. The second-order valence-electron chi connectivity index (χ2n) is 3.41. The summed E-state index contributed by atoms with van der Waals surface area (Å²) in [5.41, 5.74) is 3.38. The summed E-state index contributed by atoms with van der Waals surface area (Å²) in [5.74, 6) is 0.671. The van der Waals surface area contributed by atoms with E-state index in [-0.39, 0.29) is 0 Å². The van der Waals surface area contributed by atoms with Crippen LogP contribution < -0.4 is 4.74 Å². The number of nitrogens with zero attached hydrogens (tertiary/aromatic N) is 1. The van der Waals surface area contributed by atoms with Crippen molar-refractivity contribution in [3.05, 3.63) is 36.2 Å². The molecule has 0 saturated heterocycles. The van der Waals surface area contributed by atoms with Gasteiger partial charge in [0.05, 0.1) is 6.61 Å². The number of H-pyrrole nitrogens is 1. The summed E-state index contributed by atoms with van der Waals surface area (Å²) < 4.78 is 5.28. The van der Waals surface area contributed by atoms with Crippen LogP contribution in [0.1, 0.15) is 12.5 Å². The second kappa shape index (κ2) is 4.17. The summed E-state index contributed by atoms with van der Waals surface area (Å²) in [6.45, 7) is 4.65. The molecule has 0 aliphatic carbocycles. The van der Waals surface area contributed by atoms with Gasteiger partial charge < -0.3 is 9.72 Å². The molecule has 0 radical (unpaired) electrons. The number of rotatable bonds is 3. The van der Waals surface area contributed by atoms with E-state index in [4.69, 9.17) is 4.74 Å². The Hall–Kier alpha value is -1.77. The van der Waals surface area contributed by atoms with Gasteiger partial charge in [-0.3, -0.25) is 0 Å². The van der Waals surface area contributed by atoms with Crippen LogP contribution in [0.5, 0.6) is 5.88 Å². The minimum atomic E-state index is 0.647. The van der Waals surface area contributed by atoms with Crippen LogP contribution in [0, 0.1) is 6.92 Å². The van der Waals surface area contributed by atoms with Crippen molar-refractivity contribution in [3.8, 4) is 17.1 Å². The molecule has 2 heterocycles. The molecule has 0 aliphatic heterocycles. The molecular formula is C12H14N2O. The molecule has 0 atom stereocenters. The van der Waals surface area contributed by atoms with Gasteiger partial charge in [0, 0.05) is 29.7 Å². The summed E-state index contributed by atoms with van der Waals surface area (Å²) in [5, 5.41) is 0. The molecule has 2 aromatic rings. The van der Waals surface area contributed by atoms with E-state index in [2.05, 4.69) is 23.0 Å². The first-order chi connectivity index (χ1) is 7.29. The lowest BCUT2D eigenvalue weighted by Gasteiger charge is -2.02. The average Bonchev–Trinajstić information content (AvgIpc) is 2.67. The predicted octanol–water partition coefficient (Wildman–Crippen LogP) is 2.78. The van der Waals surface area contributed by atoms with Crippen molar-refractivity contribution in [2.24, 2.45) is 0 Å². The molecule has 0 aliphatic rings. The first-order valence-corrected chi connectivity index (χ1v) is 5.04. The fourth-order valence-electron chi connectivity index (χ4n) is 1.44. The second-order valence-corrected chi connectivity index (χ2v) is 3.41. The van der Waals surface area contributed by atoms with E-state index in [0.29, 0.717) is 12.5 Å². The molecule has 3 heteroatoms. The van der Waals surface area contributed by atoms with E-state index in [1.165, 1.54) is 5.56 Å². The van der Waals surface area contributed by atoms with Gasteiger partial charge in [0.25, 0.3) is 0 Å². The maximum atomic E-state index is 5.28. The molecule has 0 aromatic carbocycles. The van der Waals surface area contributed by atoms with Crippen molar-refractivity contribution in [2.75, 3.05) is 6.61 Å². The summed E-state index contributed by atoms with van der Waals surface area (Å²) in [6.07, 6.45) is 3.79. The SMILES string of the molecule is CCOc1ccc(-c2cc(C)c[nH]2)cn1. The minimum Gasteiger partial charge on any atom is -0.478 e. The Bertz CT molecular complexity index is 431. The molecule has 2 aromatic heterocycles. The average molecular weight is 202 g/mol. The van der Waals surface area contributed by atoms with Crippen molar-refractivity contribution in [1.29, 1.82) is 0 Å². The molecule has 0 unspecified atom stereocenters. The van der Waals surface area contributed by atoms with E-state index >= 15 is 0 Å². The van der Waals surface area contributed by atoms with Crippen molar-refractivity contribution >= 4 is 0 Å². The molecule has 78 valence electrons. The maximum Gasteiger partial charge on any atom is 0.213 e. The van der Waals surface area contributed by atoms with E-state index in [1.54, 1.807) is 0 Å². The quantitative estimate of drug-likeness (QED) is 0.831. The van der Waals surface area contributed by atoms with Crippen LogP contribution in [0.2, 0.25) is 0 Å². The van der Waals surface area contributed by atoms with Crippen LogP contribution in [0.25, 0.3) is 11.3 Å². The van der Waals surface area contributed by atoms with Crippen LogP contribution in [0.3, 0.4) is 0 Å². The van der Waals surface area contributed by atoms with Crippen LogP contribution in [-0.2, 0) is 0 Å². The Morgan fingerprint density at radius 1 is 1.40 bits per heavy atom. The highest BCUT2D eigenvalue weighted by molar-refractivity contribution is 5.59. The molecule has 1 N–H and O–H groups in total. The summed E-state index contributed by atoms with van der Waals surface area (Å²) in [6, 6.07) is 5.98. The van der Waals surface area contributed by atoms with Gasteiger partial charge in [-0.15, -0.1) is 0 Å². The fourth-order valence-corrected chi connectivity index (χ4v) is 1.44. The molecule has 3 nitrogen and oxygen atoms in total. The smallest absolute Gasteiger partial charge is 0.213 e. The molecule has 0 fully saturated rings. The molecule has 2 rings (SSSR count). The predicted molar refractivity (Wildman–Crippen MR) is 59.9 cm³/mol. The minimum absolute atomic E-state index is 0.647. The third kappa shape index (κ3) is 2.18. The third-order valence-electron chi connectivity index (χ3n) is 2.17. The highest BCUT2D eigenvalue weighted by atomic mass is 16.5. The molecule has 0 saturated carbocycles. The van der Waals surface area contributed by atoms with Gasteiger partial charge in [-0.1, -0.05) is 0 Å². The maximum absolute atomic E-state index is 5.28. The van der Waals surface area contributed by atoms with Crippen molar-refractivity contribution in [2.45, 2.75) is 13.8 Å². The van der Waals surface area contributed by atoms with Gasteiger partial charge in [-0.05, 0) is 31.5 Å². The molecular weight excluding hydrogens is 188 g/mol. The van der Waals surface area contributed by atoms with Crippen LogP contribution in [0.15, 0.2) is 30.6 Å². The van der Waals surface area contributed by atoms with E-state index in [9.17, 15) is 0 Å². The first kappa shape index (κ1) is 9.77. The number of aryl methyl sites for hydroxylation is 1. The Labute approximate surface area is 89.1 Å². The van der Waals surface area contributed by atoms with Crippen molar-refractivity contribution in [3.63, 3.8) is 0 Å². The summed E-state index contributed by atoms with van der Waals surface area (Å²) >= 11 is 0. The summed E-state index contributed by atoms with van der Waals surface area (Å²) in [7, 11) is 0. The van der Waals surface area contributed by atoms with Gasteiger partial charge >= 0.3 is 0 Å². The Balaban J connectivity index is 2.23. The molecule has 0 spiro atoms. The highest BCUT2D eigenvalue weighted by Gasteiger charge is 2.00. The van der Waals surface area contributed by atoms with Crippen LogP contribution >= 0.6 is 0 Å². The highest BCUT2D eigenvalue weighted by Crippen LogP contribution is 2.19. The first-order valence-electron chi connectivity index (χ1n) is 5.04. The summed E-state index contributed by atoms with van der Waals surface area (Å²) in [4.78, 5) is 7.40. The third-order valence-corrected chi connectivity index (χ3v) is 2.17. The van der Waals surface area contributed by atoms with Gasteiger partial charge in [0.1, 0.15) is 0 Å². The van der Waals surface area contributed by atoms with Gasteiger partial charge in [-0.25, -0.2) is 4.98 Å². The zero-order valence-electron chi connectivity index (χ0n) is 8.95. The van der Waals surface area contributed by atoms with E-state index in [1.807, 2.05) is 31.5 Å². The number of aromatic nitrogens is 2. The zero-order chi connectivity index (χ0) is 10.7. The largest absolute Gasteiger partial charge is 0.478 e. The van der Waals surface area contributed by atoms with E-state index in [0.717, 1.165) is 11.3 Å². The van der Waals surface area contributed by atoms with Gasteiger partial charge in [0.15, 0.2) is 0 Å². The Morgan fingerprint density at radius 3 is 2.80 bits per heavy atom. The standard InChI is InChI=1S/C12H14N2O/c1-3-15-12-5-4-10(8-14-12)11-6-9(2)7-13-11/h4-8,13H,3H2,1-2H3. The monoisotopic (exact) mass is 202 g/mol. The Kier molecular flexibility index (Phi) is 2.72. The number of nitrogens with one attached hydrogen (secondary N) is 1.